The van der Waals surface area contributed by atoms with Gasteiger partial charge in [-0.05, 0) is 81.6 Å². The van der Waals surface area contributed by atoms with Crippen LogP contribution in [0.5, 0.6) is 0 Å². The summed E-state index contributed by atoms with van der Waals surface area (Å²) in [6.07, 6.45) is 7.16. The monoisotopic (exact) mass is 1160 g/mol. The molecule has 1 aromatic heterocycles. The normalized spacial score (nSPS) is 19.4. The van der Waals surface area contributed by atoms with Gasteiger partial charge in [0.2, 0.25) is 53.2 Å². The molecule has 5 rings (SSSR count). The van der Waals surface area contributed by atoms with Crippen molar-refractivity contribution in [3.63, 3.8) is 0 Å². The Morgan fingerprint density at radius 3 is 1.76 bits per heavy atom. The molecule has 3 saturated heterocycles. The third-order valence-corrected chi connectivity index (χ3v) is 15.2. The standard InChI is InChI=1S/C56H87N15O12/c1-6-7-17-36(57)52(79)69-23-12-19-42(69)50(77)65-38(26-32(2)3)47(74)64-39(28-35-29-60-31-62-35)48(75)67-41(30-72)49(76)63-37(18-11-22-61-56(58)59)46(73)68-45(33(4)5)54(81)70-24-13-20-43(70)51(78)66-40(27-34-15-9-8-10-16-34)53(80)71-25-14-21-44(71)55(82)83/h8-10,15-16,29,31-33,36-45,72H,6-7,11-14,17-28,30,57H2,1-5H3,(H,60,62)(H,63,76)(H,64,74)(H,65,77)(H,66,78)(H,67,75)(H,68,73)(H,82,83)(H4,58,59,61)/t36-,37-,38-,39-,40-,41-,42-,43-,44-,45+/m0/s1. The second-order valence-electron chi connectivity index (χ2n) is 22.4. The topological polar surface area (TPSA) is 412 Å². The van der Waals surface area contributed by atoms with Gasteiger partial charge in [0.1, 0.15) is 54.4 Å². The molecule has 27 nitrogen and oxygen atoms in total. The molecule has 27 heteroatoms. The molecule has 458 valence electrons. The zero-order valence-corrected chi connectivity index (χ0v) is 48.3. The summed E-state index contributed by atoms with van der Waals surface area (Å²) in [6, 6.07) is -2.98. The van der Waals surface area contributed by atoms with E-state index in [9.17, 15) is 58.2 Å². The number of rotatable bonds is 31. The van der Waals surface area contributed by atoms with Crippen LogP contribution in [0, 0.1) is 11.8 Å². The number of likely N-dealkylation sites (tertiary alicyclic amines) is 3. The summed E-state index contributed by atoms with van der Waals surface area (Å²) >= 11 is 0. The molecule has 0 aliphatic carbocycles. The Morgan fingerprint density at radius 2 is 1.20 bits per heavy atom. The fourth-order valence-electron chi connectivity index (χ4n) is 10.7. The molecule has 2 aromatic rings. The van der Waals surface area contributed by atoms with Crippen molar-refractivity contribution >= 4 is 65.1 Å². The highest BCUT2D eigenvalue weighted by Gasteiger charge is 2.44. The van der Waals surface area contributed by atoms with E-state index in [2.05, 4.69) is 46.9 Å². The highest BCUT2D eigenvalue weighted by atomic mass is 16.4. The van der Waals surface area contributed by atoms with Crippen LogP contribution in [0.1, 0.15) is 123 Å². The molecular weight excluding hydrogens is 1070 g/mol. The number of carboxylic acid groups (broad SMARTS) is 1. The van der Waals surface area contributed by atoms with E-state index >= 15 is 0 Å². The van der Waals surface area contributed by atoms with Crippen LogP contribution in [-0.4, -0.2) is 193 Å². The number of aliphatic carboxylic acids is 1. The third-order valence-electron chi connectivity index (χ3n) is 15.2. The number of benzene rings is 1. The van der Waals surface area contributed by atoms with E-state index in [-0.39, 0.29) is 82.4 Å². The number of H-pyrrole nitrogens is 1. The van der Waals surface area contributed by atoms with E-state index in [4.69, 9.17) is 17.2 Å². The number of aliphatic hydroxyl groups excluding tert-OH is 1. The molecule has 83 heavy (non-hydrogen) atoms. The first-order valence-electron chi connectivity index (χ1n) is 28.9. The van der Waals surface area contributed by atoms with Gasteiger partial charge >= 0.3 is 5.97 Å². The minimum absolute atomic E-state index is 0.0270. The van der Waals surface area contributed by atoms with E-state index in [1.54, 1.807) is 44.2 Å². The number of hydrogen-bond donors (Lipinski definition) is 12. The lowest BCUT2D eigenvalue weighted by molar-refractivity contribution is -0.150. The van der Waals surface area contributed by atoms with Crippen LogP contribution >= 0.6 is 0 Å². The fourth-order valence-corrected chi connectivity index (χ4v) is 10.7. The van der Waals surface area contributed by atoms with Gasteiger partial charge in [0.25, 0.3) is 0 Å². The summed E-state index contributed by atoms with van der Waals surface area (Å²) in [4.78, 5) is 154. The summed E-state index contributed by atoms with van der Waals surface area (Å²) in [5.41, 5.74) is 18.4. The number of aliphatic hydroxyl groups is 1. The smallest absolute Gasteiger partial charge is 0.326 e. The first-order valence-corrected chi connectivity index (χ1v) is 28.9. The van der Waals surface area contributed by atoms with Gasteiger partial charge in [0, 0.05) is 50.9 Å². The third kappa shape index (κ3) is 19.2. The molecule has 0 bridgehead atoms. The van der Waals surface area contributed by atoms with Crippen molar-refractivity contribution < 1.29 is 58.2 Å². The van der Waals surface area contributed by atoms with Gasteiger partial charge in [0.15, 0.2) is 5.96 Å². The number of guanidine groups is 1. The first-order chi connectivity index (χ1) is 39.5. The lowest BCUT2D eigenvalue weighted by Crippen LogP contribution is -2.61. The lowest BCUT2D eigenvalue weighted by Gasteiger charge is -2.33. The summed E-state index contributed by atoms with van der Waals surface area (Å²) in [5, 5.41) is 36.6. The molecule has 10 atom stereocenters. The van der Waals surface area contributed by atoms with E-state index in [1.807, 2.05) is 20.8 Å². The van der Waals surface area contributed by atoms with Crippen molar-refractivity contribution in [1.29, 1.82) is 0 Å². The average molecular weight is 1160 g/mol. The molecule has 1 aromatic carbocycles. The molecule has 4 heterocycles. The van der Waals surface area contributed by atoms with Crippen LogP contribution in [0.15, 0.2) is 47.8 Å². The maximum Gasteiger partial charge on any atom is 0.326 e. The van der Waals surface area contributed by atoms with Crippen molar-refractivity contribution in [1.82, 2.24) is 56.6 Å². The number of carboxylic acids is 1. The Bertz CT molecular complexity index is 2560. The predicted molar refractivity (Wildman–Crippen MR) is 305 cm³/mol. The number of aliphatic imine (C=N–C) groups is 1. The molecular formula is C56H87N15O12. The second-order valence-corrected chi connectivity index (χ2v) is 22.4. The molecule has 0 unspecified atom stereocenters. The summed E-state index contributed by atoms with van der Waals surface area (Å²) in [5.74, 6) is -8.32. The highest BCUT2D eigenvalue weighted by molar-refractivity contribution is 5.99. The lowest BCUT2D eigenvalue weighted by atomic mass is 10.0. The van der Waals surface area contributed by atoms with E-state index in [1.165, 1.54) is 27.2 Å². The van der Waals surface area contributed by atoms with Crippen molar-refractivity contribution in [3.05, 3.63) is 54.1 Å². The van der Waals surface area contributed by atoms with Gasteiger partial charge in [-0.15, -0.1) is 0 Å². The van der Waals surface area contributed by atoms with Gasteiger partial charge in [-0.25, -0.2) is 9.78 Å². The van der Waals surface area contributed by atoms with Crippen LogP contribution in [0.4, 0.5) is 0 Å². The van der Waals surface area contributed by atoms with Crippen molar-refractivity contribution in [3.8, 4) is 0 Å². The largest absolute Gasteiger partial charge is 0.480 e. The first kappa shape index (κ1) is 66.1. The minimum atomic E-state index is -1.71. The number of nitrogens with zero attached hydrogens (tertiary/aromatic N) is 5. The average Bonchev–Trinajstić information content (AvgIpc) is 4.47. The summed E-state index contributed by atoms with van der Waals surface area (Å²) in [7, 11) is 0. The van der Waals surface area contributed by atoms with E-state index in [0.29, 0.717) is 49.9 Å². The van der Waals surface area contributed by atoms with Gasteiger partial charge in [0.05, 0.1) is 19.0 Å². The van der Waals surface area contributed by atoms with Crippen LogP contribution < -0.4 is 49.1 Å². The Hall–Kier alpha value is -7.68. The van der Waals surface area contributed by atoms with E-state index < -0.39 is 126 Å². The van der Waals surface area contributed by atoms with Crippen LogP contribution in [0.2, 0.25) is 0 Å². The quantitative estimate of drug-likeness (QED) is 0.0230. The Labute approximate surface area is 484 Å². The number of carbonyl (C=O) groups is 10. The number of nitrogens with one attached hydrogen (secondary N) is 7. The number of unbranched alkanes of at least 4 members (excludes halogenated alkanes) is 1. The number of hydrogen-bond acceptors (Lipinski definition) is 14. The maximum absolute atomic E-state index is 14.6. The van der Waals surface area contributed by atoms with Crippen molar-refractivity contribution in [2.24, 2.45) is 34.0 Å². The SMILES string of the molecule is CCCC[C@H](N)C(=O)N1CCC[C@H]1C(=O)N[C@@H](CC(C)C)C(=O)N[C@@H](Cc1cnc[nH]1)C(=O)N[C@@H](CO)C(=O)N[C@@H](CCCN=C(N)N)C(=O)N[C@@H](C(=O)N1CCC[C@H]1C(=O)N[C@@H](Cc1ccccc1)C(=O)N1CCC[C@H]1C(=O)O)C(C)C. The van der Waals surface area contributed by atoms with Crippen LogP contribution in [0.25, 0.3) is 0 Å². The molecule has 0 saturated carbocycles. The van der Waals surface area contributed by atoms with Crippen molar-refractivity contribution in [2.75, 3.05) is 32.8 Å². The predicted octanol–water partition coefficient (Wildman–Crippen LogP) is -1.57. The number of aromatic nitrogens is 2. The summed E-state index contributed by atoms with van der Waals surface area (Å²) in [6.45, 7) is 8.73. The molecule has 3 aliphatic heterocycles. The second kappa shape index (κ2) is 32.2. The molecule has 0 spiro atoms. The zero-order chi connectivity index (χ0) is 60.9. The van der Waals surface area contributed by atoms with Crippen LogP contribution in [0.3, 0.4) is 0 Å². The Morgan fingerprint density at radius 1 is 0.663 bits per heavy atom. The highest BCUT2D eigenvalue weighted by Crippen LogP contribution is 2.24. The number of nitrogens with two attached hydrogens (primary N) is 3. The Kier molecular flexibility index (Phi) is 25.7. The molecule has 3 aliphatic rings. The molecule has 15 N–H and O–H groups in total. The number of aromatic amines is 1. The van der Waals surface area contributed by atoms with Crippen molar-refractivity contribution in [2.45, 2.75) is 185 Å². The zero-order valence-electron chi connectivity index (χ0n) is 48.3. The van der Waals surface area contributed by atoms with Gasteiger partial charge < -0.3 is 79.0 Å². The Balaban J connectivity index is 1.30. The molecule has 3 fully saturated rings. The maximum atomic E-state index is 14.6. The van der Waals surface area contributed by atoms with Gasteiger partial charge in [-0.3, -0.25) is 48.1 Å². The van der Waals surface area contributed by atoms with Gasteiger partial charge in [-0.1, -0.05) is 77.8 Å². The molecule has 9 amide bonds. The minimum Gasteiger partial charge on any atom is -0.480 e. The fraction of sp³-hybridized carbons (Fsp3) is 0.643. The number of imidazole rings is 1. The van der Waals surface area contributed by atoms with Crippen LogP contribution in [-0.2, 0) is 60.8 Å². The number of amides is 9. The van der Waals surface area contributed by atoms with E-state index in [0.717, 1.165) is 12.8 Å². The molecule has 0 radical (unpaired) electrons. The number of carbonyl (C=O) groups excluding carboxylic acids is 9. The van der Waals surface area contributed by atoms with Gasteiger partial charge in [-0.2, -0.15) is 0 Å². The summed E-state index contributed by atoms with van der Waals surface area (Å²) < 4.78 is 0.